The maximum Gasteiger partial charge on any atom is 0.217 e. The fourth-order valence-corrected chi connectivity index (χ4v) is 0.939. The van der Waals surface area contributed by atoms with Crippen LogP contribution in [-0.4, -0.2) is 29.9 Å². The summed E-state index contributed by atoms with van der Waals surface area (Å²) in [6.07, 6.45) is 1.99. The summed E-state index contributed by atoms with van der Waals surface area (Å²) in [6, 6.07) is 0.192. The summed E-state index contributed by atoms with van der Waals surface area (Å²) in [5.41, 5.74) is 0. The molecule has 54 valence electrons. The molecule has 1 saturated heterocycles. The van der Waals surface area contributed by atoms with Crippen molar-refractivity contribution in [2.24, 2.45) is 0 Å². The van der Waals surface area contributed by atoms with Crippen LogP contribution < -0.4 is 5.32 Å². The van der Waals surface area contributed by atoms with Gasteiger partial charge < -0.3 is 10.2 Å². The van der Waals surface area contributed by atoms with Gasteiger partial charge in [0.15, 0.2) is 6.19 Å². The average Bonchev–Trinajstić information content (AvgIpc) is 1.76. The lowest BCUT2D eigenvalue weighted by Crippen LogP contribution is -2.56. The molecular weight excluding hydrogens is 130 g/mol. The van der Waals surface area contributed by atoms with Gasteiger partial charge in [0, 0.05) is 6.92 Å². The van der Waals surface area contributed by atoms with Crippen molar-refractivity contribution in [3.05, 3.63) is 0 Å². The first-order chi connectivity index (χ1) is 4.72. The SMILES string of the molecule is CC(=O)NC1CN(C#N)C1. The van der Waals surface area contributed by atoms with Crippen LogP contribution in [0.2, 0.25) is 0 Å². The second-order valence-electron chi connectivity index (χ2n) is 2.40. The minimum absolute atomic E-state index is 0.0254. The number of hydrogen-bond acceptors (Lipinski definition) is 3. The van der Waals surface area contributed by atoms with Crippen molar-refractivity contribution in [3.63, 3.8) is 0 Å². The van der Waals surface area contributed by atoms with E-state index >= 15 is 0 Å². The van der Waals surface area contributed by atoms with Crippen molar-refractivity contribution < 1.29 is 4.79 Å². The van der Waals surface area contributed by atoms with Gasteiger partial charge in [-0.05, 0) is 0 Å². The first kappa shape index (κ1) is 6.87. The lowest BCUT2D eigenvalue weighted by Gasteiger charge is -2.34. The Hall–Kier alpha value is -1.24. The number of nitriles is 1. The van der Waals surface area contributed by atoms with Gasteiger partial charge in [0.05, 0.1) is 19.1 Å². The molecule has 1 amide bonds. The predicted octanol–water partition coefficient (Wildman–Crippen LogP) is -0.712. The van der Waals surface area contributed by atoms with Crippen molar-refractivity contribution in [2.75, 3.05) is 13.1 Å². The molecule has 10 heavy (non-hydrogen) atoms. The zero-order chi connectivity index (χ0) is 7.56. The zero-order valence-corrected chi connectivity index (χ0v) is 5.79. The van der Waals surface area contributed by atoms with Crippen LogP contribution in [-0.2, 0) is 4.79 Å². The maximum atomic E-state index is 10.4. The van der Waals surface area contributed by atoms with Crippen LogP contribution >= 0.6 is 0 Å². The lowest BCUT2D eigenvalue weighted by molar-refractivity contribution is -0.120. The third kappa shape index (κ3) is 1.38. The zero-order valence-electron chi connectivity index (χ0n) is 5.79. The summed E-state index contributed by atoms with van der Waals surface area (Å²) >= 11 is 0. The third-order valence-corrected chi connectivity index (χ3v) is 1.43. The van der Waals surface area contributed by atoms with E-state index in [1.807, 2.05) is 6.19 Å². The van der Waals surface area contributed by atoms with E-state index < -0.39 is 0 Å². The molecule has 0 aromatic heterocycles. The molecule has 0 unspecified atom stereocenters. The van der Waals surface area contributed by atoms with Crippen LogP contribution in [0.3, 0.4) is 0 Å². The minimum Gasteiger partial charge on any atom is -0.350 e. The highest BCUT2D eigenvalue weighted by molar-refractivity contribution is 5.73. The van der Waals surface area contributed by atoms with Crippen LogP contribution in [0.25, 0.3) is 0 Å². The molecule has 0 spiro atoms. The third-order valence-electron chi connectivity index (χ3n) is 1.43. The smallest absolute Gasteiger partial charge is 0.217 e. The number of carbonyl (C=O) groups excluding carboxylic acids is 1. The molecule has 0 radical (unpaired) electrons. The number of likely N-dealkylation sites (tertiary alicyclic amines) is 1. The van der Waals surface area contributed by atoms with Gasteiger partial charge in [0.2, 0.25) is 5.91 Å². The second kappa shape index (κ2) is 2.56. The quantitative estimate of drug-likeness (QED) is 0.488. The van der Waals surface area contributed by atoms with E-state index in [1.54, 1.807) is 4.90 Å². The fraction of sp³-hybridized carbons (Fsp3) is 0.667. The van der Waals surface area contributed by atoms with E-state index in [1.165, 1.54) is 6.92 Å². The summed E-state index contributed by atoms with van der Waals surface area (Å²) in [5, 5.41) is 11.0. The van der Waals surface area contributed by atoms with Crippen LogP contribution in [0.4, 0.5) is 0 Å². The molecule has 1 heterocycles. The van der Waals surface area contributed by atoms with Gasteiger partial charge in [0.25, 0.3) is 0 Å². The maximum absolute atomic E-state index is 10.4. The highest BCUT2D eigenvalue weighted by atomic mass is 16.1. The Bertz CT molecular complexity index is 178. The molecule has 4 nitrogen and oxygen atoms in total. The number of hydrogen-bond donors (Lipinski definition) is 1. The van der Waals surface area contributed by atoms with Gasteiger partial charge in [-0.3, -0.25) is 4.79 Å². The topological polar surface area (TPSA) is 56.1 Å². The molecule has 1 fully saturated rings. The molecule has 1 aliphatic heterocycles. The van der Waals surface area contributed by atoms with E-state index in [-0.39, 0.29) is 11.9 Å². The second-order valence-corrected chi connectivity index (χ2v) is 2.40. The Kier molecular flexibility index (Phi) is 1.76. The Morgan fingerprint density at radius 1 is 1.80 bits per heavy atom. The summed E-state index contributed by atoms with van der Waals surface area (Å²) in [6.45, 7) is 2.81. The van der Waals surface area contributed by atoms with Crippen molar-refractivity contribution in [1.29, 1.82) is 5.26 Å². The minimum atomic E-state index is -0.0254. The Morgan fingerprint density at radius 3 is 2.80 bits per heavy atom. The van der Waals surface area contributed by atoms with Crippen molar-refractivity contribution >= 4 is 5.91 Å². The molecule has 0 atom stereocenters. The monoisotopic (exact) mass is 139 g/mol. The van der Waals surface area contributed by atoms with Crippen LogP contribution in [0, 0.1) is 11.5 Å². The van der Waals surface area contributed by atoms with Gasteiger partial charge >= 0.3 is 0 Å². The predicted molar refractivity (Wildman–Crippen MR) is 34.8 cm³/mol. The highest BCUT2D eigenvalue weighted by Gasteiger charge is 2.25. The van der Waals surface area contributed by atoms with Gasteiger partial charge in [0.1, 0.15) is 0 Å². The molecule has 1 rings (SSSR count). The summed E-state index contributed by atoms with van der Waals surface area (Å²) in [7, 11) is 0. The highest BCUT2D eigenvalue weighted by Crippen LogP contribution is 2.04. The fourth-order valence-electron chi connectivity index (χ4n) is 0.939. The molecule has 1 N–H and O–H groups in total. The van der Waals surface area contributed by atoms with Gasteiger partial charge in [-0.15, -0.1) is 0 Å². The molecule has 0 bridgehead atoms. The number of rotatable bonds is 1. The van der Waals surface area contributed by atoms with E-state index in [4.69, 9.17) is 5.26 Å². The van der Waals surface area contributed by atoms with E-state index in [2.05, 4.69) is 5.32 Å². The molecule has 0 saturated carbocycles. The van der Waals surface area contributed by atoms with Crippen molar-refractivity contribution in [3.8, 4) is 6.19 Å². The van der Waals surface area contributed by atoms with Crippen LogP contribution in [0.1, 0.15) is 6.92 Å². The first-order valence-corrected chi connectivity index (χ1v) is 3.14. The Labute approximate surface area is 59.4 Å². The number of amides is 1. The van der Waals surface area contributed by atoms with Crippen LogP contribution in [0.15, 0.2) is 0 Å². The van der Waals surface area contributed by atoms with E-state index in [0.29, 0.717) is 13.1 Å². The number of carbonyl (C=O) groups is 1. The van der Waals surface area contributed by atoms with E-state index in [9.17, 15) is 4.79 Å². The lowest BCUT2D eigenvalue weighted by atomic mass is 10.1. The van der Waals surface area contributed by atoms with Gasteiger partial charge in [-0.2, -0.15) is 5.26 Å². The number of nitrogens with zero attached hydrogens (tertiary/aromatic N) is 2. The molecular formula is C6H9N3O. The normalized spacial score (nSPS) is 17.4. The van der Waals surface area contributed by atoms with Crippen molar-refractivity contribution in [1.82, 2.24) is 10.2 Å². The standard InChI is InChI=1S/C6H9N3O/c1-5(10)8-6-2-9(3-6)4-7/h6H,2-3H2,1H3,(H,8,10). The summed E-state index contributed by atoms with van der Waals surface area (Å²) in [4.78, 5) is 12.0. The largest absolute Gasteiger partial charge is 0.350 e. The van der Waals surface area contributed by atoms with E-state index in [0.717, 1.165) is 0 Å². The Morgan fingerprint density at radius 2 is 2.40 bits per heavy atom. The molecule has 0 aromatic rings. The molecule has 4 heteroatoms. The van der Waals surface area contributed by atoms with Crippen molar-refractivity contribution in [2.45, 2.75) is 13.0 Å². The van der Waals surface area contributed by atoms with Gasteiger partial charge in [-0.25, -0.2) is 0 Å². The van der Waals surface area contributed by atoms with Crippen LogP contribution in [0.5, 0.6) is 0 Å². The molecule has 0 aliphatic carbocycles. The molecule has 1 aliphatic rings. The summed E-state index contributed by atoms with van der Waals surface area (Å²) < 4.78 is 0. The summed E-state index contributed by atoms with van der Waals surface area (Å²) in [5.74, 6) is -0.0254. The first-order valence-electron chi connectivity index (χ1n) is 3.14. The van der Waals surface area contributed by atoms with Gasteiger partial charge in [-0.1, -0.05) is 0 Å². The molecule has 0 aromatic carbocycles. The number of nitrogens with one attached hydrogen (secondary N) is 1. The average molecular weight is 139 g/mol. The Balaban J connectivity index is 2.16.